The molecule has 0 saturated carbocycles. The number of carbonyl (C=O) groups excluding carboxylic acids is 6. The molecule has 6 nitrogen and oxygen atoms in total. The van der Waals surface area contributed by atoms with Crippen LogP contribution >= 0.6 is 0 Å². The molecule has 0 rings (SSSR count). The van der Waals surface area contributed by atoms with E-state index in [-0.39, 0.29) is 92.6 Å². The Labute approximate surface area is 276 Å². The number of rotatable bonds is 9. The second kappa shape index (κ2) is 16.8. The van der Waals surface area contributed by atoms with Crippen molar-refractivity contribution in [2.45, 2.75) is 123 Å². The fourth-order valence-corrected chi connectivity index (χ4v) is 1.95. The zero-order valence-corrected chi connectivity index (χ0v) is 30.2. The first-order valence-electron chi connectivity index (χ1n) is 13.4. The van der Waals surface area contributed by atoms with Crippen LogP contribution in [-0.4, -0.2) is 34.7 Å². The van der Waals surface area contributed by atoms with E-state index in [4.69, 9.17) is 0 Å². The van der Waals surface area contributed by atoms with Gasteiger partial charge in [-0.2, -0.15) is 0 Å². The summed E-state index contributed by atoms with van der Waals surface area (Å²) in [5.74, 6) is -0.329. The molecule has 0 bridgehead atoms. The van der Waals surface area contributed by atoms with E-state index in [0.29, 0.717) is 0 Å². The number of ketones is 6. The molecule has 0 radical (unpaired) electrons. The van der Waals surface area contributed by atoms with Gasteiger partial charge in [0, 0.05) is 16.2 Å². The summed E-state index contributed by atoms with van der Waals surface area (Å²) in [5, 5.41) is 0. The second-order valence-electron chi connectivity index (χ2n) is 15.5. The van der Waals surface area contributed by atoms with Crippen LogP contribution in [0, 0.1) is 91.9 Å². The molecule has 0 aromatic rings. The van der Waals surface area contributed by atoms with Crippen LogP contribution in [0.2, 0.25) is 0 Å². The molecular weight excluding hydrogens is 651 g/mol. The molecule has 234 valence electrons. The molecule has 0 N–H and O–H groups in total. The van der Waals surface area contributed by atoms with Crippen LogP contribution in [0.4, 0.5) is 0 Å². The number of hydrogen-bond donors (Lipinski definition) is 0. The van der Waals surface area contributed by atoms with Crippen LogP contribution < -0.4 is 0 Å². The van der Waals surface area contributed by atoms with Crippen LogP contribution in [0.5, 0.6) is 0 Å². The van der Waals surface area contributed by atoms with Crippen molar-refractivity contribution < 1.29 is 67.4 Å². The smallest absolute Gasteiger partial charge is 0.331 e. The van der Waals surface area contributed by atoms with Gasteiger partial charge in [0.1, 0.15) is 34.7 Å². The molecule has 0 aliphatic heterocycles. The van der Waals surface area contributed by atoms with E-state index in [9.17, 15) is 28.8 Å². The minimum atomic E-state index is -0.652. The third-order valence-corrected chi connectivity index (χ3v) is 5.74. The van der Waals surface area contributed by atoms with Crippen molar-refractivity contribution in [2.24, 2.45) is 32.5 Å². The molecule has 0 unspecified atom stereocenters. The first-order chi connectivity index (χ1) is 16.6. The summed E-state index contributed by atoms with van der Waals surface area (Å²) in [7, 11) is 0. The summed E-state index contributed by atoms with van der Waals surface area (Å²) in [5.41, 5.74) is -3.24. The van der Waals surface area contributed by atoms with E-state index in [1.54, 1.807) is 41.5 Å². The molecular formula is C33H57O6Tb. The minimum Gasteiger partial charge on any atom is -0.331 e. The van der Waals surface area contributed by atoms with Gasteiger partial charge in [0.2, 0.25) is 0 Å². The fraction of sp³-hybridized carbons (Fsp3) is 0.727. The van der Waals surface area contributed by atoms with Crippen molar-refractivity contribution in [3.63, 3.8) is 0 Å². The van der Waals surface area contributed by atoms with Crippen molar-refractivity contribution in [3.05, 3.63) is 20.8 Å². The zero-order valence-electron chi connectivity index (χ0n) is 28.0. The Kier molecular flexibility index (Phi) is 19.5. The van der Waals surface area contributed by atoms with E-state index >= 15 is 0 Å². The summed E-state index contributed by atoms with van der Waals surface area (Å²) in [6.07, 6.45) is -0.000000000000000666. The largest absolute Gasteiger partial charge is 3.00 e. The molecule has 0 saturated heterocycles. The van der Waals surface area contributed by atoms with Crippen molar-refractivity contribution in [1.82, 2.24) is 0 Å². The van der Waals surface area contributed by atoms with Gasteiger partial charge in [-0.15, -0.1) is 16.2 Å². The molecule has 0 aliphatic carbocycles. The normalized spacial score (nSPS) is 12.4. The van der Waals surface area contributed by atoms with Crippen molar-refractivity contribution >= 4 is 34.7 Å². The van der Waals surface area contributed by atoms with E-state index in [0.717, 1.165) is 0 Å². The van der Waals surface area contributed by atoms with Gasteiger partial charge in [0.25, 0.3) is 0 Å². The van der Waals surface area contributed by atoms with Crippen molar-refractivity contribution in [3.8, 4) is 0 Å². The maximum atomic E-state index is 11.5. The molecule has 40 heavy (non-hydrogen) atoms. The molecule has 0 fully saturated rings. The third-order valence-electron chi connectivity index (χ3n) is 5.74. The minimum absolute atomic E-state index is 0. The maximum Gasteiger partial charge on any atom is 3.00 e. The van der Waals surface area contributed by atoms with Gasteiger partial charge < -0.3 is 35.2 Å². The quantitative estimate of drug-likeness (QED) is 0.185. The molecule has 0 amide bonds. The van der Waals surface area contributed by atoms with Gasteiger partial charge in [-0.1, -0.05) is 104 Å². The van der Waals surface area contributed by atoms with E-state index in [2.05, 4.69) is 20.8 Å². The Morgan fingerprint density at radius 2 is 0.475 bits per heavy atom. The zero-order chi connectivity index (χ0) is 32.6. The third kappa shape index (κ3) is 22.0. The maximum absolute atomic E-state index is 11.5. The van der Waals surface area contributed by atoms with Gasteiger partial charge in [-0.25, -0.2) is 0 Å². The van der Waals surface area contributed by atoms with Crippen molar-refractivity contribution in [2.75, 3.05) is 0 Å². The average Bonchev–Trinajstić information content (AvgIpc) is 2.64. The van der Waals surface area contributed by atoms with Gasteiger partial charge >= 0.3 is 38.6 Å². The molecule has 0 aromatic carbocycles. The molecule has 0 aliphatic rings. The summed E-state index contributed by atoms with van der Waals surface area (Å²) in [4.78, 5) is 68.7. The van der Waals surface area contributed by atoms with Crippen LogP contribution in [0.1, 0.15) is 123 Å². The monoisotopic (exact) mass is 708 g/mol. The molecule has 0 aromatic heterocycles. The van der Waals surface area contributed by atoms with Gasteiger partial charge in [0.05, 0.1) is 19.3 Å². The predicted octanol–water partition coefficient (Wildman–Crippen LogP) is 7.26. The van der Waals surface area contributed by atoms with Gasteiger partial charge in [-0.05, 0) is 0 Å². The molecule has 0 heterocycles. The van der Waals surface area contributed by atoms with Crippen LogP contribution in [-0.2, 0) is 28.8 Å². The van der Waals surface area contributed by atoms with E-state index in [1.165, 1.54) is 0 Å². The van der Waals surface area contributed by atoms with Crippen LogP contribution in [0.3, 0.4) is 0 Å². The summed E-state index contributed by atoms with van der Waals surface area (Å²) >= 11 is 0. The summed E-state index contributed by atoms with van der Waals surface area (Å²) in [6.45, 7) is 37.8. The first kappa shape index (κ1) is 46.3. The Balaban J connectivity index is -0.000000240. The number of carbonyl (C=O) groups is 6. The molecule has 7 heteroatoms. The Bertz CT molecular complexity index is 693. The summed E-state index contributed by atoms with van der Waals surface area (Å²) < 4.78 is 0. The number of hydrogen-bond acceptors (Lipinski definition) is 6. The summed E-state index contributed by atoms with van der Waals surface area (Å²) in [6, 6.07) is 0. The van der Waals surface area contributed by atoms with Crippen LogP contribution in [0.25, 0.3) is 0 Å². The SMILES string of the molecule is [CH2-]C(C)(C)C(=O)CC(=O)C(C)(C)C.[CH2-]C(C)(C)C(=O)CC(=O)C(C)(C)C.[CH2-]C(C)(C)C(=O)CC(=O)C(C)(C)C.[Tb+3]. The molecule has 0 spiro atoms. The Morgan fingerprint density at radius 3 is 0.550 bits per heavy atom. The van der Waals surface area contributed by atoms with Gasteiger partial charge in [0.15, 0.2) is 0 Å². The van der Waals surface area contributed by atoms with Crippen molar-refractivity contribution in [1.29, 1.82) is 0 Å². The molecule has 0 atom stereocenters. The standard InChI is InChI=1S/3C11H19O2.Tb/c3*1-10(2,3)8(12)7-9(13)11(4,5)6;/h3*1,7H2,2-6H3;/q3*-1;+3. The average molecular weight is 709 g/mol. The van der Waals surface area contributed by atoms with E-state index in [1.807, 2.05) is 62.3 Å². The predicted molar refractivity (Wildman–Crippen MR) is 160 cm³/mol. The second-order valence-corrected chi connectivity index (χ2v) is 15.5. The Morgan fingerprint density at radius 1 is 0.350 bits per heavy atom. The topological polar surface area (TPSA) is 102 Å². The van der Waals surface area contributed by atoms with Gasteiger partial charge in [-0.3, -0.25) is 14.4 Å². The Hall–Kier alpha value is -0.694. The van der Waals surface area contributed by atoms with E-state index < -0.39 is 32.5 Å². The van der Waals surface area contributed by atoms with Crippen LogP contribution in [0.15, 0.2) is 0 Å². The number of Topliss-reactive ketones (excluding diaryl/α,β-unsaturated/α-hetero) is 6. The fourth-order valence-electron chi connectivity index (χ4n) is 1.95. The first-order valence-corrected chi connectivity index (χ1v) is 13.4.